The predicted octanol–water partition coefficient (Wildman–Crippen LogP) is 4.54. The number of aryl methyl sites for hydroxylation is 1. The predicted molar refractivity (Wildman–Crippen MR) is 102 cm³/mol. The number of pyridine rings is 1. The van der Waals surface area contributed by atoms with E-state index >= 15 is 0 Å². The molecule has 0 unspecified atom stereocenters. The zero-order chi connectivity index (χ0) is 18.4. The van der Waals surface area contributed by atoms with Crippen molar-refractivity contribution in [2.24, 2.45) is 0 Å². The summed E-state index contributed by atoms with van der Waals surface area (Å²) in [5.74, 6) is 0. The summed E-state index contributed by atoms with van der Waals surface area (Å²) < 4.78 is 0. The first-order valence-corrected chi connectivity index (χ1v) is 11.4. The monoisotopic (exact) mass is 350 g/mol. The molecule has 0 aliphatic heterocycles. The molecule has 0 bridgehead atoms. The summed E-state index contributed by atoms with van der Waals surface area (Å²) in [7, 11) is -1.77. The molecule has 0 aliphatic carbocycles. The zero-order valence-corrected chi connectivity index (χ0v) is 15.5. The number of aromatic nitrogens is 2. The van der Waals surface area contributed by atoms with Crippen LogP contribution in [0.2, 0.25) is 19.6 Å². The molecule has 3 rings (SSSR count). The number of aromatic amines is 1. The maximum atomic E-state index is 11.3. The molecule has 2 heterocycles. The summed E-state index contributed by atoms with van der Waals surface area (Å²) in [6, 6.07) is 7.09. The second kappa shape index (κ2) is 5.83. The lowest BCUT2D eigenvalue weighted by Crippen LogP contribution is -2.39. The number of nitrogens with one attached hydrogen (secondary N) is 1. The number of hydrogen-bond acceptors (Lipinski definition) is 3. The van der Waals surface area contributed by atoms with Gasteiger partial charge in [0.1, 0.15) is 5.65 Å². The third kappa shape index (κ3) is 2.92. The van der Waals surface area contributed by atoms with Crippen molar-refractivity contribution < 1.29 is 4.92 Å². The Morgan fingerprint density at radius 3 is 2.60 bits per heavy atom. The lowest BCUT2D eigenvalue weighted by Gasteiger charge is -2.17. The van der Waals surface area contributed by atoms with Gasteiger partial charge >= 0.3 is 0 Å². The molecular weight excluding hydrogens is 332 g/mol. The van der Waals surface area contributed by atoms with E-state index in [1.54, 1.807) is 31.3 Å². The van der Waals surface area contributed by atoms with Crippen molar-refractivity contribution in [3.8, 4) is 11.1 Å². The normalized spacial score (nSPS) is 11.5. The molecule has 1 aromatic carbocycles. The van der Waals surface area contributed by atoms with Gasteiger partial charge in [-0.1, -0.05) is 31.8 Å². The molecule has 2 aromatic heterocycles. The first-order chi connectivity index (χ1) is 11.7. The molecule has 25 heavy (non-hydrogen) atoms. The van der Waals surface area contributed by atoms with Crippen LogP contribution < -0.4 is 5.32 Å². The van der Waals surface area contributed by atoms with Crippen LogP contribution in [0.3, 0.4) is 0 Å². The van der Waals surface area contributed by atoms with Crippen molar-refractivity contribution in [3.05, 3.63) is 57.6 Å². The summed E-state index contributed by atoms with van der Waals surface area (Å²) >= 11 is 0. The molecule has 0 atom stereocenters. The minimum Gasteiger partial charge on any atom is -0.347 e. The van der Waals surface area contributed by atoms with Crippen molar-refractivity contribution >= 4 is 35.8 Å². The standard InChI is InChI=1S/C18H18N4O2Si/c1-11-6-7-12(8-15(11)22(23)24)16-14-9-13(19-2)10-20-17(14)21-18(16)25(3,4)5/h6-10H,1,3-5H3,(H,20,21). The Morgan fingerprint density at radius 2 is 2.00 bits per heavy atom. The van der Waals surface area contributed by atoms with Crippen LogP contribution in [0.25, 0.3) is 27.0 Å². The van der Waals surface area contributed by atoms with Crippen LogP contribution in [0.4, 0.5) is 11.4 Å². The Hall–Kier alpha value is -2.98. The summed E-state index contributed by atoms with van der Waals surface area (Å²) in [6.45, 7) is 15.6. The molecule has 1 N–H and O–H groups in total. The van der Waals surface area contributed by atoms with Crippen LogP contribution in [0.5, 0.6) is 0 Å². The first kappa shape index (κ1) is 16.9. The van der Waals surface area contributed by atoms with Crippen LogP contribution in [-0.2, 0) is 0 Å². The molecule has 6 nitrogen and oxygen atoms in total. The second-order valence-electron chi connectivity index (χ2n) is 7.08. The van der Waals surface area contributed by atoms with E-state index in [-0.39, 0.29) is 10.6 Å². The second-order valence-corrected chi connectivity index (χ2v) is 12.1. The van der Waals surface area contributed by atoms with Gasteiger partial charge in [0.15, 0.2) is 0 Å². The fourth-order valence-corrected chi connectivity index (χ4v) is 4.47. The third-order valence-electron chi connectivity index (χ3n) is 4.21. The quantitative estimate of drug-likeness (QED) is 0.326. The molecule has 0 radical (unpaired) electrons. The summed E-state index contributed by atoms with van der Waals surface area (Å²) in [6.07, 6.45) is 1.54. The topological polar surface area (TPSA) is 76.2 Å². The van der Waals surface area contributed by atoms with E-state index < -0.39 is 8.07 Å². The average molecular weight is 350 g/mol. The van der Waals surface area contributed by atoms with Crippen LogP contribution >= 0.6 is 0 Å². The van der Waals surface area contributed by atoms with Gasteiger partial charge in [0, 0.05) is 34.1 Å². The highest BCUT2D eigenvalue weighted by molar-refractivity contribution is 6.89. The molecule has 0 saturated heterocycles. The van der Waals surface area contributed by atoms with Crippen LogP contribution in [0.1, 0.15) is 5.56 Å². The molecule has 0 amide bonds. The Kier molecular flexibility index (Phi) is 3.93. The number of nitro groups is 1. The number of nitro benzene ring substituents is 1. The summed E-state index contributed by atoms with van der Waals surface area (Å²) in [5, 5.41) is 13.3. The number of nitrogens with zero attached hydrogens (tertiary/aromatic N) is 3. The van der Waals surface area contributed by atoms with Gasteiger partial charge < -0.3 is 4.98 Å². The van der Waals surface area contributed by atoms with Gasteiger partial charge in [-0.3, -0.25) is 15.1 Å². The lowest BCUT2D eigenvalue weighted by atomic mass is 10.0. The summed E-state index contributed by atoms with van der Waals surface area (Å²) in [5.41, 5.74) is 3.60. The van der Waals surface area contributed by atoms with Gasteiger partial charge in [0.2, 0.25) is 5.69 Å². The van der Waals surface area contributed by atoms with Gasteiger partial charge in [0.25, 0.3) is 5.69 Å². The van der Waals surface area contributed by atoms with E-state index in [4.69, 9.17) is 6.57 Å². The maximum Gasteiger partial charge on any atom is 0.272 e. The van der Waals surface area contributed by atoms with E-state index in [1.165, 1.54) is 0 Å². The first-order valence-electron chi connectivity index (χ1n) is 7.87. The van der Waals surface area contributed by atoms with Gasteiger partial charge in [0.05, 0.1) is 19.6 Å². The lowest BCUT2D eigenvalue weighted by molar-refractivity contribution is -0.385. The molecule has 0 fully saturated rings. The smallest absolute Gasteiger partial charge is 0.272 e. The molecule has 0 saturated carbocycles. The molecule has 0 spiro atoms. The SMILES string of the molecule is [C-]#[N+]c1cnc2[nH]c([Si](C)(C)C)c(-c3ccc(C)c([N+](=O)[O-])c3)c2c1. The average Bonchev–Trinajstić information content (AvgIpc) is 2.93. The fourth-order valence-electron chi connectivity index (χ4n) is 2.94. The molecule has 0 aliphatic rings. The number of rotatable bonds is 3. The zero-order valence-electron chi connectivity index (χ0n) is 14.5. The number of H-pyrrole nitrogens is 1. The largest absolute Gasteiger partial charge is 0.347 e. The van der Waals surface area contributed by atoms with Crippen molar-refractivity contribution in [1.29, 1.82) is 0 Å². The summed E-state index contributed by atoms with van der Waals surface area (Å²) in [4.78, 5) is 22.2. The fraction of sp³-hybridized carbons (Fsp3) is 0.222. The van der Waals surface area contributed by atoms with Crippen molar-refractivity contribution in [1.82, 2.24) is 9.97 Å². The maximum absolute atomic E-state index is 11.3. The van der Waals surface area contributed by atoms with Gasteiger partial charge in [-0.2, -0.15) is 0 Å². The van der Waals surface area contributed by atoms with E-state index in [0.717, 1.165) is 21.8 Å². The van der Waals surface area contributed by atoms with Gasteiger partial charge in [-0.15, -0.1) is 0 Å². The van der Waals surface area contributed by atoms with E-state index in [0.29, 0.717) is 16.9 Å². The van der Waals surface area contributed by atoms with Gasteiger partial charge in [-0.05, 0) is 18.6 Å². The Bertz CT molecular complexity index is 1040. The molecule has 126 valence electrons. The minimum absolute atomic E-state index is 0.0997. The Morgan fingerprint density at radius 1 is 1.28 bits per heavy atom. The Labute approximate surface area is 146 Å². The highest BCUT2D eigenvalue weighted by Gasteiger charge is 2.27. The van der Waals surface area contributed by atoms with E-state index in [1.807, 2.05) is 6.07 Å². The molecule has 3 aromatic rings. The number of benzene rings is 1. The number of hydrogen-bond donors (Lipinski definition) is 1. The van der Waals surface area contributed by atoms with E-state index in [9.17, 15) is 10.1 Å². The number of fused-ring (bicyclic) bond motifs is 1. The molecular formula is C18H18N4O2Si. The van der Waals surface area contributed by atoms with Crippen LogP contribution in [0, 0.1) is 23.6 Å². The molecule has 7 heteroatoms. The Balaban J connectivity index is 2.39. The highest BCUT2D eigenvalue weighted by Crippen LogP contribution is 2.33. The van der Waals surface area contributed by atoms with Crippen molar-refractivity contribution in [2.75, 3.05) is 0 Å². The van der Waals surface area contributed by atoms with Crippen LogP contribution in [-0.4, -0.2) is 23.0 Å². The minimum atomic E-state index is -1.77. The van der Waals surface area contributed by atoms with E-state index in [2.05, 4.69) is 34.5 Å². The van der Waals surface area contributed by atoms with Crippen molar-refractivity contribution in [2.45, 2.75) is 26.6 Å². The van der Waals surface area contributed by atoms with Crippen LogP contribution in [0.15, 0.2) is 30.5 Å². The van der Waals surface area contributed by atoms with Crippen molar-refractivity contribution in [3.63, 3.8) is 0 Å². The van der Waals surface area contributed by atoms with Gasteiger partial charge in [-0.25, -0.2) is 4.85 Å². The highest BCUT2D eigenvalue weighted by atomic mass is 28.3. The third-order valence-corrected chi connectivity index (χ3v) is 6.08.